The van der Waals surface area contributed by atoms with E-state index in [2.05, 4.69) is 42.4 Å². The van der Waals surface area contributed by atoms with E-state index in [-0.39, 0.29) is 0 Å². The van der Waals surface area contributed by atoms with Crippen molar-refractivity contribution in [2.75, 3.05) is 7.05 Å². The normalized spacial score (nSPS) is 25.5. The Kier molecular flexibility index (Phi) is 5.40. The van der Waals surface area contributed by atoms with Crippen LogP contribution in [0.25, 0.3) is 0 Å². The lowest BCUT2D eigenvalue weighted by Crippen LogP contribution is -2.42. The maximum atomic E-state index is 3.25. The van der Waals surface area contributed by atoms with Crippen LogP contribution in [0.3, 0.4) is 0 Å². The lowest BCUT2D eigenvalue weighted by atomic mass is 9.95. The van der Waals surface area contributed by atoms with Crippen LogP contribution in [-0.2, 0) is 0 Å². The highest BCUT2D eigenvalue weighted by molar-refractivity contribution is 4.74. The summed E-state index contributed by atoms with van der Waals surface area (Å²) in [6, 6.07) is 0. The van der Waals surface area contributed by atoms with Crippen LogP contribution < -0.4 is 16.5 Å². The van der Waals surface area contributed by atoms with Crippen molar-refractivity contribution in [1.82, 2.24) is 21.5 Å². The molecule has 1 rings (SSSR count). The summed E-state index contributed by atoms with van der Waals surface area (Å²) in [5.41, 5.74) is 9.25. The average molecular weight is 200 g/mol. The molecule has 0 aliphatic carbocycles. The van der Waals surface area contributed by atoms with Gasteiger partial charge in [0.1, 0.15) is 0 Å². The fourth-order valence-corrected chi connectivity index (χ4v) is 2.04. The molecular formula is C10H24N4. The van der Waals surface area contributed by atoms with Gasteiger partial charge in [0, 0.05) is 7.05 Å². The SMILES string of the molecule is CCCCCC(CC)C1NNNN1C. The van der Waals surface area contributed by atoms with Gasteiger partial charge < -0.3 is 0 Å². The van der Waals surface area contributed by atoms with Gasteiger partial charge in [-0.25, -0.2) is 10.4 Å². The second-order valence-corrected chi connectivity index (χ2v) is 4.10. The number of hydrazine groups is 3. The molecule has 4 nitrogen and oxygen atoms in total. The van der Waals surface area contributed by atoms with Gasteiger partial charge in [0.05, 0.1) is 6.17 Å². The van der Waals surface area contributed by atoms with Crippen molar-refractivity contribution in [3.63, 3.8) is 0 Å². The summed E-state index contributed by atoms with van der Waals surface area (Å²) in [6.45, 7) is 4.52. The maximum absolute atomic E-state index is 3.25. The van der Waals surface area contributed by atoms with E-state index in [0.717, 1.165) is 5.92 Å². The zero-order valence-corrected chi connectivity index (χ0v) is 9.64. The largest absolute Gasteiger partial charge is 0.224 e. The second kappa shape index (κ2) is 6.35. The zero-order chi connectivity index (χ0) is 10.4. The molecule has 1 heterocycles. The minimum absolute atomic E-state index is 0.428. The number of nitrogens with zero attached hydrogens (tertiary/aromatic N) is 1. The molecule has 14 heavy (non-hydrogen) atoms. The highest BCUT2D eigenvalue weighted by atomic mass is 15.9. The molecule has 2 unspecified atom stereocenters. The predicted octanol–water partition coefficient (Wildman–Crippen LogP) is 1.38. The van der Waals surface area contributed by atoms with Gasteiger partial charge in [-0.05, 0) is 12.3 Å². The van der Waals surface area contributed by atoms with Crippen molar-refractivity contribution in [3.05, 3.63) is 0 Å². The monoisotopic (exact) mass is 200 g/mol. The number of nitrogens with one attached hydrogen (secondary N) is 3. The molecule has 2 atom stereocenters. The highest BCUT2D eigenvalue weighted by Gasteiger charge is 2.27. The van der Waals surface area contributed by atoms with Gasteiger partial charge in [0.2, 0.25) is 0 Å². The van der Waals surface area contributed by atoms with E-state index in [1.807, 2.05) is 0 Å². The molecule has 1 aliphatic rings. The van der Waals surface area contributed by atoms with Crippen molar-refractivity contribution in [3.8, 4) is 0 Å². The van der Waals surface area contributed by atoms with Crippen LogP contribution >= 0.6 is 0 Å². The third kappa shape index (κ3) is 3.20. The van der Waals surface area contributed by atoms with Crippen LogP contribution in [-0.4, -0.2) is 18.2 Å². The first-order valence-corrected chi connectivity index (χ1v) is 5.78. The number of unbranched alkanes of at least 4 members (excludes halogenated alkanes) is 2. The van der Waals surface area contributed by atoms with Crippen molar-refractivity contribution < 1.29 is 0 Å². The van der Waals surface area contributed by atoms with Gasteiger partial charge in [-0.3, -0.25) is 0 Å². The van der Waals surface area contributed by atoms with Gasteiger partial charge in [0.25, 0.3) is 0 Å². The summed E-state index contributed by atoms with van der Waals surface area (Å²) < 4.78 is 0. The Bertz CT molecular complexity index is 151. The molecule has 0 aromatic rings. The van der Waals surface area contributed by atoms with Gasteiger partial charge >= 0.3 is 0 Å². The molecule has 0 bridgehead atoms. The fraction of sp³-hybridized carbons (Fsp3) is 1.00. The summed E-state index contributed by atoms with van der Waals surface area (Å²) in [7, 11) is 2.07. The lowest BCUT2D eigenvalue weighted by molar-refractivity contribution is 0.153. The molecule has 0 radical (unpaired) electrons. The minimum Gasteiger partial charge on any atom is -0.224 e. The van der Waals surface area contributed by atoms with Crippen LogP contribution in [0.15, 0.2) is 0 Å². The van der Waals surface area contributed by atoms with Crippen LogP contribution in [0, 0.1) is 5.92 Å². The first-order chi connectivity index (χ1) is 6.79. The predicted molar refractivity (Wildman–Crippen MR) is 58.9 cm³/mol. The summed E-state index contributed by atoms with van der Waals surface area (Å²) in [5.74, 6) is 0.731. The van der Waals surface area contributed by atoms with E-state index >= 15 is 0 Å². The summed E-state index contributed by atoms with van der Waals surface area (Å²) >= 11 is 0. The van der Waals surface area contributed by atoms with Crippen LogP contribution in [0.5, 0.6) is 0 Å². The third-order valence-corrected chi connectivity index (χ3v) is 3.02. The topological polar surface area (TPSA) is 39.3 Å². The third-order valence-electron chi connectivity index (χ3n) is 3.02. The highest BCUT2D eigenvalue weighted by Crippen LogP contribution is 2.19. The van der Waals surface area contributed by atoms with Gasteiger partial charge in [-0.1, -0.05) is 39.5 Å². The van der Waals surface area contributed by atoms with Crippen molar-refractivity contribution >= 4 is 0 Å². The van der Waals surface area contributed by atoms with Gasteiger partial charge in [-0.15, -0.1) is 0 Å². The molecule has 1 fully saturated rings. The standard InChI is InChI=1S/C10H24N4/c1-4-6-7-8-9(5-2)10-11-12-13-14(10)3/h9-13H,4-8H2,1-3H3. The molecule has 3 N–H and O–H groups in total. The van der Waals surface area contributed by atoms with Crippen LogP contribution in [0.1, 0.15) is 46.0 Å². The molecule has 0 spiro atoms. The quantitative estimate of drug-likeness (QED) is 0.566. The van der Waals surface area contributed by atoms with Crippen molar-refractivity contribution in [1.29, 1.82) is 0 Å². The Morgan fingerprint density at radius 3 is 2.57 bits per heavy atom. The molecule has 1 aliphatic heterocycles. The van der Waals surface area contributed by atoms with E-state index in [1.165, 1.54) is 32.1 Å². The summed E-state index contributed by atoms with van der Waals surface area (Å²) in [5, 5.41) is 2.11. The van der Waals surface area contributed by atoms with E-state index in [9.17, 15) is 0 Å². The second-order valence-electron chi connectivity index (χ2n) is 4.10. The Morgan fingerprint density at radius 2 is 2.07 bits per heavy atom. The number of hydrogen-bond donors (Lipinski definition) is 3. The van der Waals surface area contributed by atoms with Crippen LogP contribution in [0.4, 0.5) is 0 Å². The minimum atomic E-state index is 0.428. The van der Waals surface area contributed by atoms with Crippen LogP contribution in [0.2, 0.25) is 0 Å². The smallest absolute Gasteiger partial charge is 0.0912 e. The Labute approximate surface area is 87.3 Å². The van der Waals surface area contributed by atoms with E-state index in [0.29, 0.717) is 6.17 Å². The van der Waals surface area contributed by atoms with E-state index < -0.39 is 0 Å². The lowest BCUT2D eigenvalue weighted by Gasteiger charge is -2.26. The first-order valence-electron chi connectivity index (χ1n) is 5.78. The van der Waals surface area contributed by atoms with Gasteiger partial charge in [-0.2, -0.15) is 11.1 Å². The molecule has 0 amide bonds. The molecule has 4 heteroatoms. The van der Waals surface area contributed by atoms with Crippen molar-refractivity contribution in [2.24, 2.45) is 5.92 Å². The average Bonchev–Trinajstić information content (AvgIpc) is 2.60. The molecule has 84 valence electrons. The van der Waals surface area contributed by atoms with Crippen molar-refractivity contribution in [2.45, 2.75) is 52.1 Å². The molecule has 0 aromatic heterocycles. The number of rotatable bonds is 6. The summed E-state index contributed by atoms with van der Waals surface area (Å²) in [6.07, 6.45) is 6.98. The number of hydrogen-bond acceptors (Lipinski definition) is 4. The Balaban J connectivity index is 2.29. The zero-order valence-electron chi connectivity index (χ0n) is 9.64. The van der Waals surface area contributed by atoms with Gasteiger partial charge in [0.15, 0.2) is 0 Å². The molecular weight excluding hydrogens is 176 g/mol. The Hall–Kier alpha value is -0.160. The maximum Gasteiger partial charge on any atom is 0.0912 e. The fourth-order valence-electron chi connectivity index (χ4n) is 2.04. The van der Waals surface area contributed by atoms with E-state index in [4.69, 9.17) is 0 Å². The molecule has 1 saturated heterocycles. The molecule has 0 saturated carbocycles. The van der Waals surface area contributed by atoms with E-state index in [1.54, 1.807) is 0 Å². The Morgan fingerprint density at radius 1 is 1.29 bits per heavy atom. The molecule has 0 aromatic carbocycles. The first kappa shape index (κ1) is 11.9. The summed E-state index contributed by atoms with van der Waals surface area (Å²) in [4.78, 5) is 0.